The van der Waals surface area contributed by atoms with Gasteiger partial charge in [0.1, 0.15) is 0 Å². The van der Waals surface area contributed by atoms with Crippen molar-refractivity contribution in [3.63, 3.8) is 0 Å². The van der Waals surface area contributed by atoms with Gasteiger partial charge in [-0.3, -0.25) is 29.8 Å². The molecule has 0 spiro atoms. The topological polar surface area (TPSA) is 92.3 Å². The Morgan fingerprint density at radius 1 is 0.571 bits per heavy atom. The number of carbonyl (C=O) groups excluding carboxylic acids is 4. The summed E-state index contributed by atoms with van der Waals surface area (Å²) in [5, 5.41) is 4.28. The maximum absolute atomic E-state index is 11.2. The van der Waals surface area contributed by atoms with Crippen LogP contribution in [0.15, 0.2) is 0 Å². The first-order valence-corrected chi connectivity index (χ1v) is 4.30. The summed E-state index contributed by atoms with van der Waals surface area (Å²) in [5.74, 6) is -4.15. The summed E-state index contributed by atoms with van der Waals surface area (Å²) in [4.78, 5) is 44.9. The van der Waals surface area contributed by atoms with Gasteiger partial charge in [-0.15, -0.1) is 0 Å². The van der Waals surface area contributed by atoms with Crippen molar-refractivity contribution in [2.24, 2.45) is 23.7 Å². The lowest BCUT2D eigenvalue weighted by molar-refractivity contribution is -0.146. The zero-order valence-electron chi connectivity index (χ0n) is 6.94. The molecule has 0 bridgehead atoms. The molecule has 3 rings (SSSR count). The summed E-state index contributed by atoms with van der Waals surface area (Å²) in [6, 6.07) is 0. The van der Waals surface area contributed by atoms with Crippen molar-refractivity contribution in [2.45, 2.75) is 0 Å². The lowest BCUT2D eigenvalue weighted by Gasteiger charge is -2.36. The first kappa shape index (κ1) is 7.66. The fourth-order valence-corrected chi connectivity index (χ4v) is 2.63. The van der Waals surface area contributed by atoms with Crippen LogP contribution in [0.1, 0.15) is 0 Å². The lowest BCUT2D eigenvalue weighted by Crippen LogP contribution is -2.50. The highest BCUT2D eigenvalue weighted by molar-refractivity contribution is 6.17. The lowest BCUT2D eigenvalue weighted by atomic mass is 9.59. The third kappa shape index (κ3) is 0.604. The number of hydrogen-bond acceptors (Lipinski definition) is 4. The minimum atomic E-state index is -0.612. The van der Waals surface area contributed by atoms with Crippen molar-refractivity contribution < 1.29 is 19.2 Å². The average Bonchev–Trinajstić information content (AvgIpc) is 2.31. The molecule has 72 valence electrons. The molecule has 0 aromatic heterocycles. The zero-order valence-corrected chi connectivity index (χ0v) is 6.94. The molecular weight excluding hydrogens is 188 g/mol. The van der Waals surface area contributed by atoms with Gasteiger partial charge in [0.05, 0.1) is 23.7 Å². The molecule has 0 aromatic rings. The number of hydrogen-bond donors (Lipinski definition) is 2. The molecule has 4 amide bonds. The van der Waals surface area contributed by atoms with E-state index in [0.29, 0.717) is 0 Å². The smallest absolute Gasteiger partial charge is 0.231 e. The number of imide groups is 2. The van der Waals surface area contributed by atoms with E-state index >= 15 is 0 Å². The third-order valence-electron chi connectivity index (χ3n) is 3.25. The van der Waals surface area contributed by atoms with Crippen molar-refractivity contribution >= 4 is 23.6 Å². The number of fused-ring (bicyclic) bond motifs is 4. The van der Waals surface area contributed by atoms with Crippen molar-refractivity contribution in [3.05, 3.63) is 0 Å². The van der Waals surface area contributed by atoms with E-state index in [2.05, 4.69) is 10.6 Å². The van der Waals surface area contributed by atoms with Crippen molar-refractivity contribution in [2.75, 3.05) is 0 Å². The second-order valence-corrected chi connectivity index (χ2v) is 3.81. The minimum absolute atomic E-state index is 0.425. The maximum Gasteiger partial charge on any atom is 0.231 e. The van der Waals surface area contributed by atoms with Crippen LogP contribution in [0, 0.1) is 23.7 Å². The van der Waals surface area contributed by atoms with E-state index < -0.39 is 47.3 Å². The highest BCUT2D eigenvalue weighted by Crippen LogP contribution is 2.51. The van der Waals surface area contributed by atoms with E-state index in [4.69, 9.17) is 0 Å². The van der Waals surface area contributed by atoms with Crippen LogP contribution >= 0.6 is 0 Å². The van der Waals surface area contributed by atoms with Gasteiger partial charge in [-0.05, 0) is 0 Å². The number of carbonyl (C=O) groups is 4. The molecule has 14 heavy (non-hydrogen) atoms. The molecule has 3 aliphatic rings. The summed E-state index contributed by atoms with van der Waals surface area (Å²) >= 11 is 0. The third-order valence-corrected chi connectivity index (χ3v) is 3.25. The molecular formula is C8H6N2O4. The van der Waals surface area contributed by atoms with E-state index in [1.165, 1.54) is 0 Å². The molecule has 0 aromatic carbocycles. The van der Waals surface area contributed by atoms with Crippen molar-refractivity contribution in [1.82, 2.24) is 10.6 Å². The molecule has 3 fully saturated rings. The Hall–Kier alpha value is -1.72. The van der Waals surface area contributed by atoms with E-state index in [9.17, 15) is 19.2 Å². The van der Waals surface area contributed by atoms with Crippen LogP contribution < -0.4 is 10.6 Å². The van der Waals surface area contributed by atoms with Gasteiger partial charge in [-0.1, -0.05) is 0 Å². The Kier molecular flexibility index (Phi) is 1.11. The van der Waals surface area contributed by atoms with E-state index in [-0.39, 0.29) is 0 Å². The molecule has 0 atom stereocenters. The summed E-state index contributed by atoms with van der Waals surface area (Å²) in [7, 11) is 0. The standard InChI is InChI=1S/C8H6N2O4/c11-5-1-2(6(12)9-5)4-3(1)7(13)10-8(4)14/h1-4H,(H,9,11,12)(H,10,13,14). The van der Waals surface area contributed by atoms with Gasteiger partial charge in [0, 0.05) is 0 Å². The molecule has 2 heterocycles. The number of rotatable bonds is 0. The Labute approximate surface area is 78.0 Å². The largest absolute Gasteiger partial charge is 0.296 e. The monoisotopic (exact) mass is 194 g/mol. The zero-order chi connectivity index (χ0) is 10.0. The second-order valence-electron chi connectivity index (χ2n) is 3.81. The SMILES string of the molecule is O=C1NC(=O)C2C1C1C(=O)NC(=O)C21. The minimum Gasteiger partial charge on any atom is -0.296 e. The molecule has 6 nitrogen and oxygen atoms in total. The summed E-state index contributed by atoms with van der Waals surface area (Å²) in [5.41, 5.74) is 0. The molecule has 2 aliphatic heterocycles. The molecule has 0 radical (unpaired) electrons. The highest BCUT2D eigenvalue weighted by atomic mass is 16.2. The van der Waals surface area contributed by atoms with Gasteiger partial charge in [0.25, 0.3) is 0 Å². The molecule has 2 N–H and O–H groups in total. The predicted octanol–water partition coefficient (Wildman–Crippen LogP) is -2.22. The van der Waals surface area contributed by atoms with Crippen LogP contribution in [0.3, 0.4) is 0 Å². The van der Waals surface area contributed by atoms with Crippen LogP contribution in [0.25, 0.3) is 0 Å². The Balaban J connectivity index is 2.03. The van der Waals surface area contributed by atoms with Gasteiger partial charge >= 0.3 is 0 Å². The van der Waals surface area contributed by atoms with Gasteiger partial charge in [-0.25, -0.2) is 0 Å². The molecule has 6 heteroatoms. The van der Waals surface area contributed by atoms with E-state index in [1.54, 1.807) is 0 Å². The Morgan fingerprint density at radius 2 is 0.786 bits per heavy atom. The maximum atomic E-state index is 11.2. The van der Waals surface area contributed by atoms with Crippen LogP contribution in [0.5, 0.6) is 0 Å². The van der Waals surface area contributed by atoms with Gasteiger partial charge < -0.3 is 0 Å². The quantitative estimate of drug-likeness (QED) is 0.427. The fraction of sp³-hybridized carbons (Fsp3) is 0.500. The van der Waals surface area contributed by atoms with Crippen LogP contribution in [-0.4, -0.2) is 23.6 Å². The normalized spacial score (nSPS) is 44.0. The first-order valence-electron chi connectivity index (χ1n) is 4.30. The van der Waals surface area contributed by atoms with Crippen LogP contribution in [-0.2, 0) is 19.2 Å². The van der Waals surface area contributed by atoms with E-state index in [0.717, 1.165) is 0 Å². The van der Waals surface area contributed by atoms with Gasteiger partial charge in [-0.2, -0.15) is 0 Å². The van der Waals surface area contributed by atoms with Gasteiger partial charge in [0.2, 0.25) is 23.6 Å². The Morgan fingerprint density at radius 3 is 1.00 bits per heavy atom. The first-order chi connectivity index (χ1) is 6.61. The predicted molar refractivity (Wildman–Crippen MR) is 40.3 cm³/mol. The van der Waals surface area contributed by atoms with Crippen LogP contribution in [0.4, 0.5) is 0 Å². The average molecular weight is 194 g/mol. The molecule has 1 aliphatic carbocycles. The second kappa shape index (κ2) is 2.02. The molecule has 0 unspecified atom stereocenters. The summed E-state index contributed by atoms with van der Waals surface area (Å²) in [6.07, 6.45) is 0. The molecule has 2 saturated heterocycles. The number of nitrogens with one attached hydrogen (secondary N) is 2. The van der Waals surface area contributed by atoms with E-state index in [1.807, 2.05) is 0 Å². The van der Waals surface area contributed by atoms with Crippen molar-refractivity contribution in [1.29, 1.82) is 0 Å². The van der Waals surface area contributed by atoms with Crippen LogP contribution in [0.2, 0.25) is 0 Å². The van der Waals surface area contributed by atoms with Gasteiger partial charge in [0.15, 0.2) is 0 Å². The molecule has 1 saturated carbocycles. The summed E-state index contributed by atoms with van der Waals surface area (Å²) < 4.78 is 0. The highest BCUT2D eigenvalue weighted by Gasteiger charge is 2.69. The number of amides is 4. The Bertz CT molecular complexity index is 320. The van der Waals surface area contributed by atoms with Crippen molar-refractivity contribution in [3.8, 4) is 0 Å². The fourth-order valence-electron chi connectivity index (χ4n) is 2.63. The summed E-state index contributed by atoms with van der Waals surface area (Å²) in [6.45, 7) is 0.